The average Bonchev–Trinajstić information content (AvgIpc) is 3.15. The van der Waals surface area contributed by atoms with Gasteiger partial charge in [0.25, 0.3) is 11.8 Å². The second-order valence-corrected chi connectivity index (χ2v) is 7.46. The number of aryl methyl sites for hydroxylation is 1. The molecule has 124 valence electrons. The van der Waals surface area contributed by atoms with Crippen molar-refractivity contribution in [2.24, 2.45) is 0 Å². The molecule has 0 aliphatic carbocycles. The van der Waals surface area contributed by atoms with Crippen molar-refractivity contribution in [3.05, 3.63) is 51.1 Å². The average molecular weight is 359 g/mol. The summed E-state index contributed by atoms with van der Waals surface area (Å²) < 4.78 is 5.36. The van der Waals surface area contributed by atoms with Crippen molar-refractivity contribution in [2.75, 3.05) is 17.8 Å². The Morgan fingerprint density at radius 1 is 1.21 bits per heavy atom. The number of carbonyl (C=O) groups excluding carboxylic acids is 2. The monoisotopic (exact) mass is 359 g/mol. The lowest BCUT2D eigenvalue weighted by molar-refractivity contribution is -0.119. The summed E-state index contributed by atoms with van der Waals surface area (Å²) in [6, 6.07) is 9.23. The van der Waals surface area contributed by atoms with E-state index in [-0.39, 0.29) is 11.8 Å². The van der Waals surface area contributed by atoms with Crippen molar-refractivity contribution in [2.45, 2.75) is 13.8 Å². The summed E-state index contributed by atoms with van der Waals surface area (Å²) in [5, 5.41) is 1.91. The second-order valence-electron chi connectivity index (χ2n) is 5.24. The maximum Gasteiger partial charge on any atom is 0.272 e. The topological polar surface area (TPSA) is 46.6 Å². The van der Waals surface area contributed by atoms with E-state index in [1.807, 2.05) is 37.4 Å². The van der Waals surface area contributed by atoms with Crippen molar-refractivity contribution in [1.29, 1.82) is 0 Å². The highest BCUT2D eigenvalue weighted by Crippen LogP contribution is 2.42. The minimum Gasteiger partial charge on any atom is -0.495 e. The van der Waals surface area contributed by atoms with E-state index >= 15 is 0 Å². The summed E-state index contributed by atoms with van der Waals surface area (Å²) in [5.41, 5.74) is 1.94. The van der Waals surface area contributed by atoms with Crippen molar-refractivity contribution in [3.63, 3.8) is 0 Å². The highest BCUT2D eigenvalue weighted by atomic mass is 32.2. The molecule has 2 heterocycles. The van der Waals surface area contributed by atoms with Gasteiger partial charge in [-0.05, 0) is 41.8 Å². The zero-order valence-electron chi connectivity index (χ0n) is 13.7. The van der Waals surface area contributed by atoms with Crippen LogP contribution in [0, 0.1) is 6.92 Å². The van der Waals surface area contributed by atoms with Gasteiger partial charge in [0, 0.05) is 4.88 Å². The van der Waals surface area contributed by atoms with Crippen LogP contribution in [0.5, 0.6) is 5.75 Å². The Bertz CT molecular complexity index is 825. The predicted molar refractivity (Wildman–Crippen MR) is 99.6 cm³/mol. The molecule has 0 saturated carbocycles. The first-order chi connectivity index (χ1) is 11.6. The van der Waals surface area contributed by atoms with E-state index < -0.39 is 0 Å². The molecule has 0 bridgehead atoms. The molecule has 0 atom stereocenters. The third-order valence-corrected chi connectivity index (χ3v) is 5.52. The van der Waals surface area contributed by atoms with Crippen LogP contribution in [0.4, 0.5) is 5.69 Å². The summed E-state index contributed by atoms with van der Waals surface area (Å²) in [6.07, 6.45) is 0. The van der Waals surface area contributed by atoms with Gasteiger partial charge in [-0.1, -0.05) is 19.1 Å². The van der Waals surface area contributed by atoms with Crippen LogP contribution in [-0.2, 0) is 9.59 Å². The van der Waals surface area contributed by atoms with Crippen LogP contribution >= 0.6 is 23.1 Å². The number of ether oxygens (including phenoxy) is 1. The van der Waals surface area contributed by atoms with Crippen molar-refractivity contribution >= 4 is 46.2 Å². The molecule has 0 spiro atoms. The molecular weight excluding hydrogens is 342 g/mol. The zero-order valence-corrected chi connectivity index (χ0v) is 15.3. The summed E-state index contributed by atoms with van der Waals surface area (Å²) in [7, 11) is 1.54. The molecule has 0 N–H and O–H groups in total. The largest absolute Gasteiger partial charge is 0.495 e. The number of anilines is 1. The summed E-state index contributed by atoms with van der Waals surface area (Å²) in [5.74, 6) is 0.666. The first kappa shape index (κ1) is 16.8. The van der Waals surface area contributed by atoms with Crippen LogP contribution in [0.15, 0.2) is 40.6 Å². The third kappa shape index (κ3) is 2.76. The summed E-state index contributed by atoms with van der Waals surface area (Å²) in [4.78, 5) is 28.6. The maximum absolute atomic E-state index is 13.1. The van der Waals surface area contributed by atoms with E-state index in [0.29, 0.717) is 21.9 Å². The maximum atomic E-state index is 13.1. The predicted octanol–water partition coefficient (Wildman–Crippen LogP) is 4.10. The van der Waals surface area contributed by atoms with Crippen molar-refractivity contribution in [3.8, 4) is 5.75 Å². The number of nitrogens with zero attached hydrogens (tertiary/aromatic N) is 1. The molecule has 1 aromatic heterocycles. The molecule has 4 nitrogen and oxygen atoms in total. The molecule has 1 aliphatic rings. The van der Waals surface area contributed by atoms with Gasteiger partial charge in [-0.15, -0.1) is 23.1 Å². The van der Waals surface area contributed by atoms with Gasteiger partial charge in [0.1, 0.15) is 5.75 Å². The highest BCUT2D eigenvalue weighted by molar-refractivity contribution is 8.04. The van der Waals surface area contributed by atoms with Crippen LogP contribution in [0.3, 0.4) is 0 Å². The molecule has 1 aromatic carbocycles. The fourth-order valence-corrected chi connectivity index (χ4v) is 4.30. The first-order valence-corrected chi connectivity index (χ1v) is 9.39. The van der Waals surface area contributed by atoms with Gasteiger partial charge in [0.05, 0.1) is 23.3 Å². The molecule has 1 aliphatic heterocycles. The van der Waals surface area contributed by atoms with E-state index in [1.54, 1.807) is 12.1 Å². The van der Waals surface area contributed by atoms with Gasteiger partial charge < -0.3 is 4.74 Å². The Balaban J connectivity index is 2.13. The molecule has 0 unspecified atom stereocenters. The van der Waals surface area contributed by atoms with E-state index in [4.69, 9.17) is 4.74 Å². The number of hydrogen-bond donors (Lipinski definition) is 0. The number of imide groups is 1. The molecule has 0 fully saturated rings. The molecule has 2 aromatic rings. The van der Waals surface area contributed by atoms with Gasteiger partial charge in [0.15, 0.2) is 0 Å². The van der Waals surface area contributed by atoms with Crippen molar-refractivity contribution in [1.82, 2.24) is 0 Å². The molecule has 3 rings (SSSR count). The SMILES string of the molecule is CCSC1=C(c2cccs2)C(=O)N(c2cc(C)ccc2OC)C1=O. The Morgan fingerprint density at radius 2 is 2.00 bits per heavy atom. The number of benzene rings is 1. The van der Waals surface area contributed by atoms with Gasteiger partial charge in [-0.25, -0.2) is 4.90 Å². The molecular formula is C18H17NO3S2. The number of rotatable bonds is 5. The lowest BCUT2D eigenvalue weighted by Gasteiger charge is -2.18. The highest BCUT2D eigenvalue weighted by Gasteiger charge is 2.41. The Kier molecular flexibility index (Phi) is 4.78. The second kappa shape index (κ2) is 6.83. The number of carbonyl (C=O) groups is 2. The zero-order chi connectivity index (χ0) is 17.3. The molecule has 2 amide bonds. The quantitative estimate of drug-likeness (QED) is 0.754. The van der Waals surface area contributed by atoms with E-state index in [2.05, 4.69) is 0 Å². The molecule has 24 heavy (non-hydrogen) atoms. The minimum absolute atomic E-state index is 0.279. The number of thiophene rings is 1. The Morgan fingerprint density at radius 3 is 2.62 bits per heavy atom. The van der Waals surface area contributed by atoms with Crippen LogP contribution in [0.25, 0.3) is 5.57 Å². The Labute approximate surface area is 149 Å². The van der Waals surface area contributed by atoms with E-state index in [1.165, 1.54) is 35.1 Å². The van der Waals surface area contributed by atoms with Gasteiger partial charge in [0.2, 0.25) is 0 Å². The lowest BCUT2D eigenvalue weighted by atomic mass is 10.2. The van der Waals surface area contributed by atoms with E-state index in [0.717, 1.165) is 16.2 Å². The third-order valence-electron chi connectivity index (χ3n) is 3.67. The minimum atomic E-state index is -0.290. The molecule has 6 heteroatoms. The summed E-state index contributed by atoms with van der Waals surface area (Å²) in [6.45, 7) is 3.89. The van der Waals surface area contributed by atoms with Gasteiger partial charge >= 0.3 is 0 Å². The normalized spacial score (nSPS) is 14.7. The summed E-state index contributed by atoms with van der Waals surface area (Å²) >= 11 is 2.87. The molecule has 0 radical (unpaired) electrons. The van der Waals surface area contributed by atoms with E-state index in [9.17, 15) is 9.59 Å². The fraction of sp³-hybridized carbons (Fsp3) is 0.222. The lowest BCUT2D eigenvalue weighted by Crippen LogP contribution is -2.31. The number of amides is 2. The van der Waals surface area contributed by atoms with Gasteiger partial charge in [-0.3, -0.25) is 9.59 Å². The number of methoxy groups -OCH3 is 1. The van der Waals surface area contributed by atoms with Crippen LogP contribution < -0.4 is 9.64 Å². The number of hydrogen-bond acceptors (Lipinski definition) is 5. The van der Waals surface area contributed by atoms with Gasteiger partial charge in [-0.2, -0.15) is 0 Å². The smallest absolute Gasteiger partial charge is 0.272 e. The molecule has 0 saturated heterocycles. The van der Waals surface area contributed by atoms with Crippen LogP contribution in [0.2, 0.25) is 0 Å². The van der Waals surface area contributed by atoms with Crippen LogP contribution in [-0.4, -0.2) is 24.7 Å². The first-order valence-electron chi connectivity index (χ1n) is 7.52. The number of thioether (sulfide) groups is 1. The van der Waals surface area contributed by atoms with Crippen LogP contribution in [0.1, 0.15) is 17.4 Å². The Hall–Kier alpha value is -2.05. The fourth-order valence-electron chi connectivity index (χ4n) is 2.62. The standard InChI is InChI=1S/C18H17NO3S2/c1-4-23-16-15(14-6-5-9-24-14)17(20)19(18(16)21)12-10-11(2)7-8-13(12)22-3/h5-10H,4H2,1-3H3. The van der Waals surface area contributed by atoms with Crippen molar-refractivity contribution < 1.29 is 14.3 Å².